The molecule has 0 bridgehead atoms. The van der Waals surface area contributed by atoms with Crippen molar-refractivity contribution >= 4 is 17.3 Å². The highest BCUT2D eigenvalue weighted by molar-refractivity contribution is 5.70. The summed E-state index contributed by atoms with van der Waals surface area (Å²) in [7, 11) is 0. The van der Waals surface area contributed by atoms with Crippen LogP contribution in [0.2, 0.25) is 0 Å². The van der Waals surface area contributed by atoms with E-state index in [0.717, 1.165) is 30.4 Å². The number of hydrogen-bond acceptors (Lipinski definition) is 4. The number of fused-ring (bicyclic) bond motifs is 1. The molecule has 0 spiro atoms. The fourth-order valence-electron chi connectivity index (χ4n) is 3.58. The van der Waals surface area contributed by atoms with E-state index < -0.39 is 0 Å². The van der Waals surface area contributed by atoms with Crippen LogP contribution in [-0.2, 0) is 13.0 Å². The van der Waals surface area contributed by atoms with Crippen molar-refractivity contribution in [2.75, 3.05) is 10.2 Å². The Hall–Kier alpha value is -2.88. The van der Waals surface area contributed by atoms with E-state index in [1.165, 1.54) is 22.4 Å². The summed E-state index contributed by atoms with van der Waals surface area (Å²) >= 11 is 0. The number of aromatic nitrogens is 2. The van der Waals surface area contributed by atoms with Gasteiger partial charge in [-0.2, -0.15) is 0 Å². The summed E-state index contributed by atoms with van der Waals surface area (Å²) in [5.74, 6) is 2.61. The molecule has 4 heteroatoms. The van der Waals surface area contributed by atoms with Crippen LogP contribution in [0.1, 0.15) is 29.4 Å². The fraction of sp³-hybridized carbons (Fsp3) is 0.273. The van der Waals surface area contributed by atoms with E-state index in [9.17, 15) is 0 Å². The Morgan fingerprint density at radius 1 is 1.04 bits per heavy atom. The van der Waals surface area contributed by atoms with Gasteiger partial charge in [0.1, 0.15) is 17.5 Å². The molecule has 0 aliphatic carbocycles. The van der Waals surface area contributed by atoms with Gasteiger partial charge >= 0.3 is 0 Å². The van der Waals surface area contributed by atoms with Gasteiger partial charge in [-0.15, -0.1) is 0 Å². The number of aryl methyl sites for hydroxylation is 2. The highest BCUT2D eigenvalue weighted by atomic mass is 15.2. The summed E-state index contributed by atoms with van der Waals surface area (Å²) in [5, 5.41) is 3.45. The summed E-state index contributed by atoms with van der Waals surface area (Å²) in [4.78, 5) is 11.6. The first kappa shape index (κ1) is 16.6. The molecule has 2 heterocycles. The molecule has 1 unspecified atom stereocenters. The lowest BCUT2D eigenvalue weighted by atomic mass is 10.1. The van der Waals surface area contributed by atoms with E-state index in [2.05, 4.69) is 83.6 Å². The average Bonchev–Trinajstić information content (AvgIpc) is 2.96. The van der Waals surface area contributed by atoms with Crippen molar-refractivity contribution in [3.05, 3.63) is 77.1 Å². The van der Waals surface area contributed by atoms with Crippen LogP contribution < -0.4 is 10.2 Å². The minimum absolute atomic E-state index is 0.395. The maximum absolute atomic E-state index is 4.71. The molecule has 0 amide bonds. The van der Waals surface area contributed by atoms with E-state index in [1.54, 1.807) is 0 Å². The minimum Gasteiger partial charge on any atom is -0.366 e. The molecule has 132 valence electrons. The van der Waals surface area contributed by atoms with E-state index in [-0.39, 0.29) is 0 Å². The predicted molar refractivity (Wildman–Crippen MR) is 107 cm³/mol. The van der Waals surface area contributed by atoms with E-state index >= 15 is 0 Å². The van der Waals surface area contributed by atoms with Crippen molar-refractivity contribution in [3.63, 3.8) is 0 Å². The van der Waals surface area contributed by atoms with Crippen molar-refractivity contribution in [2.45, 2.75) is 39.8 Å². The van der Waals surface area contributed by atoms with Gasteiger partial charge in [-0.05, 0) is 44.4 Å². The molecule has 1 aliphatic rings. The van der Waals surface area contributed by atoms with Crippen LogP contribution in [0.3, 0.4) is 0 Å². The zero-order valence-electron chi connectivity index (χ0n) is 15.5. The number of hydrogen-bond donors (Lipinski definition) is 1. The molecule has 0 saturated heterocycles. The SMILES string of the molecule is Cc1ccc(CNc2cc(N3c4ccccc4CC3C)nc(C)n2)cc1. The molecule has 2 aromatic carbocycles. The lowest BCUT2D eigenvalue weighted by Gasteiger charge is -2.24. The van der Waals surface area contributed by atoms with Gasteiger partial charge in [-0.25, -0.2) is 9.97 Å². The quantitative estimate of drug-likeness (QED) is 0.739. The molecule has 1 aliphatic heterocycles. The highest BCUT2D eigenvalue weighted by Crippen LogP contribution is 2.37. The van der Waals surface area contributed by atoms with Gasteiger partial charge in [0, 0.05) is 24.3 Å². The normalized spacial score (nSPS) is 15.8. The standard InChI is InChI=1S/C22H24N4/c1-15-8-10-18(11-9-15)14-23-21-13-22(25-17(3)24-21)26-16(2)12-19-6-4-5-7-20(19)26/h4-11,13,16H,12,14H2,1-3H3,(H,23,24,25). The third-order valence-electron chi connectivity index (χ3n) is 4.87. The third kappa shape index (κ3) is 3.27. The zero-order valence-corrected chi connectivity index (χ0v) is 15.5. The lowest BCUT2D eigenvalue weighted by Crippen LogP contribution is -2.25. The van der Waals surface area contributed by atoms with Gasteiger partial charge in [0.2, 0.25) is 0 Å². The molecule has 3 aromatic rings. The topological polar surface area (TPSA) is 41.0 Å². The van der Waals surface area contributed by atoms with Crippen LogP contribution in [0, 0.1) is 13.8 Å². The summed E-state index contributed by atoms with van der Waals surface area (Å²) in [6, 6.07) is 19.6. The second-order valence-electron chi connectivity index (χ2n) is 7.05. The first-order chi connectivity index (χ1) is 12.6. The smallest absolute Gasteiger partial charge is 0.139 e. The Morgan fingerprint density at radius 3 is 2.62 bits per heavy atom. The first-order valence-corrected chi connectivity index (χ1v) is 9.12. The molecule has 1 atom stereocenters. The molecular weight excluding hydrogens is 320 g/mol. The Kier molecular flexibility index (Phi) is 4.33. The molecule has 26 heavy (non-hydrogen) atoms. The minimum atomic E-state index is 0.395. The average molecular weight is 344 g/mol. The summed E-state index contributed by atoms with van der Waals surface area (Å²) < 4.78 is 0. The molecule has 0 fully saturated rings. The van der Waals surface area contributed by atoms with Crippen LogP contribution in [0.25, 0.3) is 0 Å². The highest BCUT2D eigenvalue weighted by Gasteiger charge is 2.28. The number of benzene rings is 2. The number of anilines is 3. The molecule has 4 rings (SSSR count). The van der Waals surface area contributed by atoms with Gasteiger partial charge in [0.05, 0.1) is 0 Å². The first-order valence-electron chi connectivity index (χ1n) is 9.12. The largest absolute Gasteiger partial charge is 0.366 e. The van der Waals surface area contributed by atoms with Crippen LogP contribution in [0.15, 0.2) is 54.6 Å². The van der Waals surface area contributed by atoms with E-state index in [0.29, 0.717) is 6.04 Å². The number of para-hydroxylation sites is 1. The van der Waals surface area contributed by atoms with Gasteiger partial charge in [0.15, 0.2) is 0 Å². The lowest BCUT2D eigenvalue weighted by molar-refractivity contribution is 0.747. The second-order valence-corrected chi connectivity index (χ2v) is 7.05. The number of nitrogens with zero attached hydrogens (tertiary/aromatic N) is 3. The molecule has 1 aromatic heterocycles. The molecule has 4 nitrogen and oxygen atoms in total. The maximum atomic E-state index is 4.71. The number of nitrogens with one attached hydrogen (secondary N) is 1. The zero-order chi connectivity index (χ0) is 18.1. The predicted octanol–water partition coefficient (Wildman–Crippen LogP) is 4.79. The van der Waals surface area contributed by atoms with Crippen LogP contribution in [-0.4, -0.2) is 16.0 Å². The third-order valence-corrected chi connectivity index (χ3v) is 4.87. The van der Waals surface area contributed by atoms with Gasteiger partial charge in [0.25, 0.3) is 0 Å². The summed E-state index contributed by atoms with van der Waals surface area (Å²) in [6.07, 6.45) is 1.05. The van der Waals surface area contributed by atoms with Crippen molar-refractivity contribution in [2.24, 2.45) is 0 Å². The van der Waals surface area contributed by atoms with E-state index in [4.69, 9.17) is 4.98 Å². The van der Waals surface area contributed by atoms with Gasteiger partial charge < -0.3 is 10.2 Å². The van der Waals surface area contributed by atoms with Crippen molar-refractivity contribution in [1.29, 1.82) is 0 Å². The molecular formula is C22H24N4. The van der Waals surface area contributed by atoms with Gasteiger partial charge in [-0.3, -0.25) is 0 Å². The molecule has 1 N–H and O–H groups in total. The Labute approximate surface area is 154 Å². The van der Waals surface area contributed by atoms with Crippen LogP contribution >= 0.6 is 0 Å². The summed E-state index contributed by atoms with van der Waals surface area (Å²) in [5.41, 5.74) is 5.15. The van der Waals surface area contributed by atoms with Crippen LogP contribution in [0.4, 0.5) is 17.3 Å². The Morgan fingerprint density at radius 2 is 1.81 bits per heavy atom. The fourth-order valence-corrected chi connectivity index (χ4v) is 3.58. The van der Waals surface area contributed by atoms with Crippen molar-refractivity contribution in [3.8, 4) is 0 Å². The monoisotopic (exact) mass is 344 g/mol. The second kappa shape index (κ2) is 6.79. The van der Waals surface area contributed by atoms with Crippen molar-refractivity contribution < 1.29 is 0 Å². The molecule has 0 radical (unpaired) electrons. The Balaban J connectivity index is 1.59. The number of rotatable bonds is 4. The molecule has 0 saturated carbocycles. The van der Waals surface area contributed by atoms with E-state index in [1.807, 2.05) is 6.92 Å². The summed E-state index contributed by atoms with van der Waals surface area (Å²) in [6.45, 7) is 7.05. The van der Waals surface area contributed by atoms with Crippen molar-refractivity contribution in [1.82, 2.24) is 9.97 Å². The maximum Gasteiger partial charge on any atom is 0.139 e. The van der Waals surface area contributed by atoms with Gasteiger partial charge in [-0.1, -0.05) is 48.0 Å². The van der Waals surface area contributed by atoms with Crippen LogP contribution in [0.5, 0.6) is 0 Å². The Bertz CT molecular complexity index is 918.